The minimum Gasteiger partial charge on any atom is -0.492 e. The van der Waals surface area contributed by atoms with Crippen LogP contribution in [0.25, 0.3) is 11.0 Å². The van der Waals surface area contributed by atoms with E-state index in [0.29, 0.717) is 6.61 Å². The molecule has 1 heterocycles. The SMILES string of the molecule is Cc1cccc(OCCn2c(=S)[nH]c3cc(I)ccc32)c1. The van der Waals surface area contributed by atoms with Crippen LogP contribution in [0.3, 0.4) is 0 Å². The Morgan fingerprint density at radius 1 is 1.24 bits per heavy atom. The van der Waals surface area contributed by atoms with Crippen molar-refractivity contribution in [3.05, 3.63) is 56.4 Å². The Balaban J connectivity index is 1.76. The third-order valence-electron chi connectivity index (χ3n) is 3.31. The fraction of sp³-hybridized carbons (Fsp3) is 0.188. The molecular weight excluding hydrogens is 395 g/mol. The van der Waals surface area contributed by atoms with E-state index in [2.05, 4.69) is 63.3 Å². The molecule has 1 aromatic heterocycles. The predicted octanol–water partition coefficient (Wildman–Crippen LogP) is 4.69. The molecule has 5 heteroatoms. The molecule has 0 bridgehead atoms. The molecule has 108 valence electrons. The highest BCUT2D eigenvalue weighted by atomic mass is 127. The van der Waals surface area contributed by atoms with Gasteiger partial charge in [-0.3, -0.25) is 0 Å². The highest BCUT2D eigenvalue weighted by Crippen LogP contribution is 2.18. The van der Waals surface area contributed by atoms with Crippen LogP contribution in [0.1, 0.15) is 5.56 Å². The number of aromatic amines is 1. The Hall–Kier alpha value is -1.34. The lowest BCUT2D eigenvalue weighted by molar-refractivity contribution is 0.299. The summed E-state index contributed by atoms with van der Waals surface area (Å²) >= 11 is 7.70. The van der Waals surface area contributed by atoms with E-state index in [-0.39, 0.29) is 0 Å². The number of H-pyrrole nitrogens is 1. The van der Waals surface area contributed by atoms with Crippen molar-refractivity contribution in [1.82, 2.24) is 9.55 Å². The first-order valence-electron chi connectivity index (χ1n) is 6.71. The standard InChI is InChI=1S/C16H15IN2OS/c1-11-3-2-4-13(9-11)20-8-7-19-15-6-5-12(17)10-14(15)18-16(19)21/h2-6,9-10H,7-8H2,1H3,(H,18,21). The van der Waals surface area contributed by atoms with Crippen LogP contribution in [0.5, 0.6) is 5.75 Å². The maximum atomic E-state index is 5.81. The van der Waals surface area contributed by atoms with Crippen LogP contribution in [-0.2, 0) is 6.54 Å². The minimum absolute atomic E-state index is 0.594. The molecular formula is C16H15IN2OS. The number of rotatable bonds is 4. The summed E-state index contributed by atoms with van der Waals surface area (Å²) in [5, 5.41) is 0. The van der Waals surface area contributed by atoms with Gasteiger partial charge < -0.3 is 14.3 Å². The number of benzene rings is 2. The molecule has 0 saturated heterocycles. The van der Waals surface area contributed by atoms with E-state index in [4.69, 9.17) is 17.0 Å². The largest absolute Gasteiger partial charge is 0.492 e. The van der Waals surface area contributed by atoms with Crippen molar-refractivity contribution in [3.63, 3.8) is 0 Å². The van der Waals surface area contributed by atoms with Gasteiger partial charge in [-0.05, 0) is 77.6 Å². The van der Waals surface area contributed by atoms with Crippen molar-refractivity contribution in [2.24, 2.45) is 0 Å². The first kappa shape index (κ1) is 14.6. The zero-order chi connectivity index (χ0) is 14.8. The number of hydrogen-bond acceptors (Lipinski definition) is 2. The first-order valence-corrected chi connectivity index (χ1v) is 8.20. The number of fused-ring (bicyclic) bond motifs is 1. The van der Waals surface area contributed by atoms with Gasteiger partial charge in [0.05, 0.1) is 17.6 Å². The van der Waals surface area contributed by atoms with E-state index < -0.39 is 0 Å². The van der Waals surface area contributed by atoms with E-state index in [9.17, 15) is 0 Å². The molecule has 21 heavy (non-hydrogen) atoms. The van der Waals surface area contributed by atoms with Crippen molar-refractivity contribution < 1.29 is 4.74 Å². The summed E-state index contributed by atoms with van der Waals surface area (Å²) in [4.78, 5) is 3.24. The molecule has 3 aromatic rings. The highest BCUT2D eigenvalue weighted by Gasteiger charge is 2.05. The summed E-state index contributed by atoms with van der Waals surface area (Å²) < 4.78 is 9.82. The van der Waals surface area contributed by atoms with Gasteiger partial charge in [-0.15, -0.1) is 0 Å². The van der Waals surface area contributed by atoms with E-state index in [1.807, 2.05) is 18.2 Å². The summed E-state index contributed by atoms with van der Waals surface area (Å²) in [6.45, 7) is 3.38. The molecule has 3 nitrogen and oxygen atoms in total. The zero-order valence-electron chi connectivity index (χ0n) is 11.6. The maximum absolute atomic E-state index is 5.81. The van der Waals surface area contributed by atoms with Crippen molar-refractivity contribution in [1.29, 1.82) is 0 Å². The van der Waals surface area contributed by atoms with Crippen LogP contribution < -0.4 is 4.74 Å². The fourth-order valence-electron chi connectivity index (χ4n) is 2.32. The molecule has 0 spiro atoms. The number of hydrogen-bond donors (Lipinski definition) is 1. The summed E-state index contributed by atoms with van der Waals surface area (Å²) in [5.41, 5.74) is 3.39. The molecule has 1 N–H and O–H groups in total. The van der Waals surface area contributed by atoms with Gasteiger partial charge in [0.1, 0.15) is 12.4 Å². The van der Waals surface area contributed by atoms with Crippen LogP contribution in [0, 0.1) is 15.3 Å². The minimum atomic E-state index is 0.594. The third kappa shape index (κ3) is 3.29. The summed E-state index contributed by atoms with van der Waals surface area (Å²) in [7, 11) is 0. The lowest BCUT2D eigenvalue weighted by atomic mass is 10.2. The molecule has 0 amide bonds. The number of halogens is 1. The number of nitrogens with one attached hydrogen (secondary N) is 1. The van der Waals surface area contributed by atoms with E-state index in [1.54, 1.807) is 0 Å². The molecule has 0 fully saturated rings. The molecule has 0 atom stereocenters. The lowest BCUT2D eigenvalue weighted by Gasteiger charge is -2.08. The summed E-state index contributed by atoms with van der Waals surface area (Å²) in [5.74, 6) is 0.899. The normalized spacial score (nSPS) is 11.0. The van der Waals surface area contributed by atoms with Gasteiger partial charge in [0.25, 0.3) is 0 Å². The van der Waals surface area contributed by atoms with Gasteiger partial charge >= 0.3 is 0 Å². The predicted molar refractivity (Wildman–Crippen MR) is 96.5 cm³/mol. The van der Waals surface area contributed by atoms with E-state index in [0.717, 1.165) is 28.1 Å². The topological polar surface area (TPSA) is 29.9 Å². The Bertz CT molecular complexity index is 838. The second-order valence-corrected chi connectivity index (χ2v) is 6.54. The van der Waals surface area contributed by atoms with Gasteiger partial charge in [0, 0.05) is 3.57 Å². The van der Waals surface area contributed by atoms with Gasteiger partial charge in [-0.1, -0.05) is 12.1 Å². The van der Waals surface area contributed by atoms with Crippen LogP contribution in [0.4, 0.5) is 0 Å². The van der Waals surface area contributed by atoms with Gasteiger partial charge in [0.15, 0.2) is 4.77 Å². The highest BCUT2D eigenvalue weighted by molar-refractivity contribution is 14.1. The Kier molecular flexibility index (Phi) is 4.30. The van der Waals surface area contributed by atoms with E-state index >= 15 is 0 Å². The Morgan fingerprint density at radius 2 is 2.10 bits per heavy atom. The van der Waals surface area contributed by atoms with Crippen molar-refractivity contribution >= 4 is 45.8 Å². The maximum Gasteiger partial charge on any atom is 0.178 e. The van der Waals surface area contributed by atoms with Gasteiger partial charge in [-0.25, -0.2) is 0 Å². The third-order valence-corrected chi connectivity index (χ3v) is 4.30. The van der Waals surface area contributed by atoms with Crippen molar-refractivity contribution in [3.8, 4) is 5.75 Å². The Morgan fingerprint density at radius 3 is 2.90 bits per heavy atom. The summed E-state index contributed by atoms with van der Waals surface area (Å²) in [6, 6.07) is 14.4. The average Bonchev–Trinajstić information content (AvgIpc) is 2.74. The first-order chi connectivity index (χ1) is 10.1. The second kappa shape index (κ2) is 6.19. The van der Waals surface area contributed by atoms with Gasteiger partial charge in [0.2, 0.25) is 0 Å². The molecule has 2 aromatic carbocycles. The molecule has 0 aliphatic rings. The van der Waals surface area contributed by atoms with Crippen molar-refractivity contribution in [2.75, 3.05) is 6.61 Å². The van der Waals surface area contributed by atoms with Crippen LogP contribution >= 0.6 is 34.8 Å². The molecule has 0 unspecified atom stereocenters. The molecule has 3 rings (SSSR count). The molecule has 0 saturated carbocycles. The number of aromatic nitrogens is 2. The van der Waals surface area contributed by atoms with Gasteiger partial charge in [-0.2, -0.15) is 0 Å². The monoisotopic (exact) mass is 410 g/mol. The lowest BCUT2D eigenvalue weighted by Crippen LogP contribution is -2.08. The number of ether oxygens (including phenoxy) is 1. The summed E-state index contributed by atoms with van der Waals surface area (Å²) in [6.07, 6.45) is 0. The smallest absolute Gasteiger partial charge is 0.178 e. The average molecular weight is 410 g/mol. The number of imidazole rings is 1. The molecule has 0 radical (unpaired) electrons. The number of aryl methyl sites for hydroxylation is 1. The van der Waals surface area contributed by atoms with Crippen molar-refractivity contribution in [2.45, 2.75) is 13.5 Å². The molecule has 0 aliphatic carbocycles. The Labute approximate surface area is 142 Å². The fourth-order valence-corrected chi connectivity index (χ4v) is 3.11. The van der Waals surface area contributed by atoms with Crippen LogP contribution in [0.2, 0.25) is 0 Å². The quantitative estimate of drug-likeness (QED) is 0.500. The zero-order valence-corrected chi connectivity index (χ0v) is 14.6. The second-order valence-electron chi connectivity index (χ2n) is 4.91. The van der Waals surface area contributed by atoms with Crippen LogP contribution in [0.15, 0.2) is 42.5 Å². The molecule has 0 aliphatic heterocycles. The van der Waals surface area contributed by atoms with E-state index in [1.165, 1.54) is 9.13 Å². The number of nitrogens with zero attached hydrogens (tertiary/aromatic N) is 1. The van der Waals surface area contributed by atoms with Crippen LogP contribution in [-0.4, -0.2) is 16.2 Å².